The minimum Gasteiger partial charge on any atom is -0.503 e. The summed E-state index contributed by atoms with van der Waals surface area (Å²) in [6, 6.07) is 13.7. The summed E-state index contributed by atoms with van der Waals surface area (Å²) in [6.45, 7) is 1.70. The maximum Gasteiger partial charge on any atom is 0.296 e. The van der Waals surface area contributed by atoms with Gasteiger partial charge in [-0.3, -0.25) is 14.5 Å². The van der Waals surface area contributed by atoms with Crippen molar-refractivity contribution < 1.29 is 23.5 Å². The average Bonchev–Trinajstić information content (AvgIpc) is 3.44. The molecular formula is C23H14FIN2O4S. The normalized spacial score (nSPS) is 16.4. The zero-order valence-electron chi connectivity index (χ0n) is 16.5. The van der Waals surface area contributed by atoms with E-state index in [1.165, 1.54) is 29.2 Å². The van der Waals surface area contributed by atoms with Crippen molar-refractivity contribution >= 4 is 61.0 Å². The summed E-state index contributed by atoms with van der Waals surface area (Å²) < 4.78 is 20.7. The number of anilines is 1. The van der Waals surface area contributed by atoms with Crippen LogP contribution in [0.15, 0.2) is 70.3 Å². The molecule has 1 aliphatic heterocycles. The van der Waals surface area contributed by atoms with Crippen molar-refractivity contribution in [1.82, 2.24) is 4.98 Å². The summed E-state index contributed by atoms with van der Waals surface area (Å²) in [7, 11) is 0. The number of hydrogen-bond donors (Lipinski definition) is 1. The molecule has 32 heavy (non-hydrogen) atoms. The maximum absolute atomic E-state index is 13.7. The second kappa shape index (κ2) is 7.82. The van der Waals surface area contributed by atoms with E-state index in [1.807, 2.05) is 12.1 Å². The largest absolute Gasteiger partial charge is 0.503 e. The fourth-order valence-electron chi connectivity index (χ4n) is 3.67. The highest BCUT2D eigenvalue weighted by Crippen LogP contribution is 2.44. The predicted molar refractivity (Wildman–Crippen MR) is 126 cm³/mol. The van der Waals surface area contributed by atoms with E-state index in [-0.39, 0.29) is 16.5 Å². The monoisotopic (exact) mass is 560 g/mol. The number of aliphatic hydroxyl groups is 1. The van der Waals surface area contributed by atoms with Gasteiger partial charge in [0.25, 0.3) is 5.91 Å². The third-order valence-corrected chi connectivity index (χ3v) is 6.88. The molecule has 0 fully saturated rings. The van der Waals surface area contributed by atoms with Crippen LogP contribution in [0.25, 0.3) is 10.2 Å². The molecule has 5 rings (SSSR count). The zero-order valence-corrected chi connectivity index (χ0v) is 19.5. The van der Waals surface area contributed by atoms with Crippen LogP contribution in [0.1, 0.15) is 27.9 Å². The number of aliphatic hydroxyl groups excluding tert-OH is 1. The topological polar surface area (TPSA) is 83.6 Å². The molecule has 6 nitrogen and oxygen atoms in total. The first kappa shape index (κ1) is 20.8. The minimum atomic E-state index is -0.914. The Kier molecular flexibility index (Phi) is 5.09. The smallest absolute Gasteiger partial charge is 0.296 e. The zero-order chi connectivity index (χ0) is 22.6. The first-order valence-electron chi connectivity index (χ1n) is 9.53. The van der Waals surface area contributed by atoms with Gasteiger partial charge >= 0.3 is 0 Å². The summed E-state index contributed by atoms with van der Waals surface area (Å²) in [4.78, 5) is 32.2. The van der Waals surface area contributed by atoms with Gasteiger partial charge in [-0.2, -0.15) is 0 Å². The molecule has 0 bridgehead atoms. The molecule has 0 radical (unpaired) electrons. The number of furan rings is 1. The van der Waals surface area contributed by atoms with E-state index in [2.05, 4.69) is 27.6 Å². The molecule has 2 aromatic carbocycles. The molecule has 1 atom stereocenters. The van der Waals surface area contributed by atoms with Crippen molar-refractivity contribution in [3.63, 3.8) is 0 Å². The van der Waals surface area contributed by atoms with E-state index in [1.54, 1.807) is 25.1 Å². The number of carbonyl (C=O) groups is 2. The molecular weight excluding hydrogens is 546 g/mol. The van der Waals surface area contributed by atoms with Crippen molar-refractivity contribution in [2.45, 2.75) is 13.0 Å². The van der Waals surface area contributed by atoms with E-state index >= 15 is 0 Å². The molecule has 2 aromatic heterocycles. The van der Waals surface area contributed by atoms with Gasteiger partial charge in [-0.15, -0.1) is 0 Å². The third-order valence-electron chi connectivity index (χ3n) is 5.15. The lowest BCUT2D eigenvalue weighted by molar-refractivity contribution is -0.117. The molecule has 1 N–H and O–H groups in total. The van der Waals surface area contributed by atoms with Crippen LogP contribution < -0.4 is 4.90 Å². The Morgan fingerprint density at radius 2 is 1.94 bits per heavy atom. The van der Waals surface area contributed by atoms with Gasteiger partial charge < -0.3 is 9.52 Å². The fraction of sp³-hybridized carbons (Fsp3) is 0.0870. The van der Waals surface area contributed by atoms with Crippen molar-refractivity contribution in [2.75, 3.05) is 4.90 Å². The summed E-state index contributed by atoms with van der Waals surface area (Å²) in [5.74, 6) is -1.84. The molecule has 160 valence electrons. The lowest BCUT2D eigenvalue weighted by Crippen LogP contribution is -2.30. The Bertz CT molecular complexity index is 1420. The summed E-state index contributed by atoms with van der Waals surface area (Å²) in [5.41, 5.74) is 1.05. The number of halogens is 2. The number of hydrogen-bond acceptors (Lipinski definition) is 6. The van der Waals surface area contributed by atoms with Gasteiger partial charge in [-0.05, 0) is 77.5 Å². The molecule has 0 saturated heterocycles. The van der Waals surface area contributed by atoms with Gasteiger partial charge in [0, 0.05) is 3.57 Å². The maximum atomic E-state index is 13.7. The molecule has 4 aromatic rings. The van der Waals surface area contributed by atoms with E-state index < -0.39 is 29.3 Å². The van der Waals surface area contributed by atoms with Gasteiger partial charge in [-0.25, -0.2) is 9.37 Å². The van der Waals surface area contributed by atoms with Crippen LogP contribution in [0, 0.1) is 16.3 Å². The number of carbonyl (C=O) groups excluding carboxylic acids is 2. The number of ketones is 1. The lowest BCUT2D eigenvalue weighted by atomic mass is 9.95. The quantitative estimate of drug-likeness (QED) is 0.255. The highest BCUT2D eigenvalue weighted by Gasteiger charge is 2.46. The van der Waals surface area contributed by atoms with E-state index in [9.17, 15) is 19.1 Å². The number of Topliss-reactive ketones (excluding diaryl/α,β-unsaturated/α-hetero) is 1. The molecule has 1 unspecified atom stereocenters. The lowest BCUT2D eigenvalue weighted by Gasteiger charge is -2.24. The Morgan fingerprint density at radius 3 is 2.62 bits per heavy atom. The number of aryl methyl sites for hydroxylation is 1. The highest BCUT2D eigenvalue weighted by atomic mass is 127. The Hall–Kier alpha value is -3.05. The fourth-order valence-corrected chi connectivity index (χ4v) is 5.05. The minimum absolute atomic E-state index is 0.0283. The molecule has 0 saturated carbocycles. The molecule has 1 aliphatic rings. The van der Waals surface area contributed by atoms with E-state index in [0.29, 0.717) is 21.5 Å². The van der Waals surface area contributed by atoms with Crippen LogP contribution in [0.3, 0.4) is 0 Å². The van der Waals surface area contributed by atoms with Crippen molar-refractivity contribution in [1.29, 1.82) is 0 Å². The number of fused-ring (bicyclic) bond motifs is 1. The number of amides is 1. The first-order chi connectivity index (χ1) is 15.3. The van der Waals surface area contributed by atoms with Gasteiger partial charge in [0.2, 0.25) is 5.78 Å². The Balaban J connectivity index is 1.68. The van der Waals surface area contributed by atoms with Crippen LogP contribution in [0.4, 0.5) is 9.52 Å². The first-order valence-corrected chi connectivity index (χ1v) is 11.4. The SMILES string of the molecule is Cc1ccc(C(=O)C2=C(O)C(=O)N(c3nc4ccc(F)cc4s3)C2c2ccc(I)cc2)o1. The van der Waals surface area contributed by atoms with Gasteiger partial charge in [-0.1, -0.05) is 23.5 Å². The van der Waals surface area contributed by atoms with Crippen LogP contribution in [-0.2, 0) is 4.79 Å². The number of aromatic nitrogens is 1. The molecule has 1 amide bonds. The summed E-state index contributed by atoms with van der Waals surface area (Å²) in [6.07, 6.45) is 0. The van der Waals surface area contributed by atoms with Gasteiger partial charge in [0.15, 0.2) is 16.7 Å². The third kappa shape index (κ3) is 3.41. The van der Waals surface area contributed by atoms with E-state index in [4.69, 9.17) is 4.42 Å². The predicted octanol–water partition coefficient (Wildman–Crippen LogP) is 5.72. The van der Waals surface area contributed by atoms with Crippen molar-refractivity contribution in [3.05, 3.63) is 92.4 Å². The van der Waals surface area contributed by atoms with Gasteiger partial charge in [0.1, 0.15) is 11.6 Å². The molecule has 0 aliphatic carbocycles. The Morgan fingerprint density at radius 1 is 1.19 bits per heavy atom. The molecule has 0 spiro atoms. The summed E-state index contributed by atoms with van der Waals surface area (Å²) >= 11 is 3.27. The second-order valence-corrected chi connectivity index (χ2v) is 9.49. The van der Waals surface area contributed by atoms with Gasteiger partial charge in [0.05, 0.1) is 21.8 Å². The Labute approximate surface area is 199 Å². The highest BCUT2D eigenvalue weighted by molar-refractivity contribution is 14.1. The average molecular weight is 560 g/mol. The van der Waals surface area contributed by atoms with E-state index in [0.717, 1.165) is 14.9 Å². The van der Waals surface area contributed by atoms with Crippen LogP contribution in [0.2, 0.25) is 0 Å². The van der Waals surface area contributed by atoms with Crippen molar-refractivity contribution in [2.24, 2.45) is 0 Å². The number of thiazole rings is 1. The number of rotatable bonds is 4. The van der Waals surface area contributed by atoms with Crippen LogP contribution >= 0.6 is 33.9 Å². The van der Waals surface area contributed by atoms with Crippen LogP contribution in [0.5, 0.6) is 0 Å². The summed E-state index contributed by atoms with van der Waals surface area (Å²) in [5, 5.41) is 11.0. The standard InChI is InChI=1S/C23H14FIN2O4S/c1-11-2-9-16(31-11)20(28)18-19(12-3-6-14(25)7-4-12)27(22(30)21(18)29)23-26-15-8-5-13(24)10-17(15)32-23/h2-10,19,29H,1H3. The molecule has 9 heteroatoms. The van der Waals surface area contributed by atoms with Crippen LogP contribution in [-0.4, -0.2) is 21.8 Å². The van der Waals surface area contributed by atoms with Crippen molar-refractivity contribution in [3.8, 4) is 0 Å². The molecule has 3 heterocycles. The second-order valence-electron chi connectivity index (χ2n) is 7.24. The number of nitrogens with zero attached hydrogens (tertiary/aromatic N) is 2. The number of benzene rings is 2.